The molecule has 0 unspecified atom stereocenters. The predicted molar refractivity (Wildman–Crippen MR) is 90.8 cm³/mol. The van der Waals surface area contributed by atoms with Gasteiger partial charge in [0.15, 0.2) is 11.5 Å². The topological polar surface area (TPSA) is 72.3 Å². The molecule has 0 atom stereocenters. The lowest BCUT2D eigenvalue weighted by Crippen LogP contribution is -2.08. The van der Waals surface area contributed by atoms with E-state index in [4.69, 9.17) is 4.74 Å². The first-order valence-electron chi connectivity index (χ1n) is 7.44. The Balaban J connectivity index is 1.92. The summed E-state index contributed by atoms with van der Waals surface area (Å²) in [5.74, 6) is 1.44. The molecule has 0 fully saturated rings. The number of aromatic amines is 1. The number of imidazole rings is 1. The zero-order valence-corrected chi connectivity index (χ0v) is 12.9. The first-order chi connectivity index (χ1) is 11.7. The summed E-state index contributed by atoms with van der Waals surface area (Å²) in [6, 6.07) is 17.3. The summed E-state index contributed by atoms with van der Waals surface area (Å²) in [5.41, 5.74) is 1.97. The smallest absolute Gasteiger partial charge is 0.362 e. The van der Waals surface area contributed by atoms with Gasteiger partial charge in [0.25, 0.3) is 0 Å². The minimum Gasteiger partial charge on any atom is -0.497 e. The third kappa shape index (κ3) is 2.44. The zero-order chi connectivity index (χ0) is 16.5. The molecule has 0 amide bonds. The van der Waals surface area contributed by atoms with Crippen LogP contribution in [0.2, 0.25) is 0 Å². The van der Waals surface area contributed by atoms with Crippen LogP contribution < -0.4 is 15.8 Å². The van der Waals surface area contributed by atoms with Crippen molar-refractivity contribution in [2.24, 2.45) is 0 Å². The largest absolute Gasteiger partial charge is 0.497 e. The quantitative estimate of drug-likeness (QED) is 0.623. The fourth-order valence-corrected chi connectivity index (χ4v) is 2.59. The Bertz CT molecular complexity index is 1100. The van der Waals surface area contributed by atoms with E-state index in [1.807, 2.05) is 60.7 Å². The van der Waals surface area contributed by atoms with Crippen LogP contribution in [0.1, 0.15) is 5.56 Å². The third-order valence-corrected chi connectivity index (χ3v) is 3.75. The molecule has 118 valence electrons. The van der Waals surface area contributed by atoms with Gasteiger partial charge in [0, 0.05) is 5.56 Å². The van der Waals surface area contributed by atoms with E-state index in [0.29, 0.717) is 16.8 Å². The Kier molecular flexibility index (Phi) is 3.35. The summed E-state index contributed by atoms with van der Waals surface area (Å²) in [6.45, 7) is 0. The highest BCUT2D eigenvalue weighted by molar-refractivity contribution is 5.63. The Labute approximate surface area is 137 Å². The monoisotopic (exact) mass is 318 g/mol. The van der Waals surface area contributed by atoms with Gasteiger partial charge >= 0.3 is 5.69 Å². The van der Waals surface area contributed by atoms with Crippen LogP contribution in [0.3, 0.4) is 0 Å². The van der Waals surface area contributed by atoms with Gasteiger partial charge in [0.2, 0.25) is 0 Å². The minimum absolute atomic E-state index is 0.394. The van der Waals surface area contributed by atoms with Gasteiger partial charge in [-0.25, -0.2) is 19.4 Å². The zero-order valence-electron chi connectivity index (χ0n) is 12.9. The summed E-state index contributed by atoms with van der Waals surface area (Å²) >= 11 is 0. The Hall–Kier alpha value is -3.41. The van der Waals surface area contributed by atoms with Gasteiger partial charge in [0.05, 0.1) is 7.11 Å². The number of aromatic nitrogens is 4. The van der Waals surface area contributed by atoms with Gasteiger partial charge in [0.1, 0.15) is 11.1 Å². The number of nitrogens with zero attached hydrogens (tertiary/aromatic N) is 3. The molecule has 0 bridgehead atoms. The van der Waals surface area contributed by atoms with E-state index in [1.54, 1.807) is 11.6 Å². The van der Waals surface area contributed by atoms with E-state index in [0.717, 1.165) is 16.9 Å². The number of ether oxygens (including phenoxy) is 1. The molecule has 0 radical (unpaired) electrons. The van der Waals surface area contributed by atoms with Crippen LogP contribution >= 0.6 is 0 Å². The van der Waals surface area contributed by atoms with Crippen LogP contribution in [0.25, 0.3) is 23.1 Å². The van der Waals surface area contributed by atoms with Crippen LogP contribution in [0.15, 0.2) is 59.4 Å². The maximum absolute atomic E-state index is 11.7. The molecule has 1 N–H and O–H groups in total. The molecule has 0 aliphatic heterocycles. The molecule has 0 aliphatic rings. The van der Waals surface area contributed by atoms with Gasteiger partial charge in [-0.05, 0) is 23.8 Å². The van der Waals surface area contributed by atoms with Crippen molar-refractivity contribution in [3.05, 3.63) is 76.0 Å². The summed E-state index contributed by atoms with van der Waals surface area (Å²) in [7, 11) is 1.63. The average Bonchev–Trinajstić information content (AvgIpc) is 3.15. The van der Waals surface area contributed by atoms with Gasteiger partial charge in [-0.1, -0.05) is 42.5 Å². The summed E-state index contributed by atoms with van der Waals surface area (Å²) in [4.78, 5) is 20.3. The number of methoxy groups -OCH3 is 1. The number of rotatable bonds is 3. The molecule has 24 heavy (non-hydrogen) atoms. The normalized spacial score (nSPS) is 12.0. The second kappa shape index (κ2) is 5.66. The summed E-state index contributed by atoms with van der Waals surface area (Å²) in [6.07, 6.45) is 1.89. The summed E-state index contributed by atoms with van der Waals surface area (Å²) in [5, 5.41) is 3.33. The van der Waals surface area contributed by atoms with Gasteiger partial charge in [-0.15, -0.1) is 0 Å². The number of H-pyrrole nitrogens is 1. The van der Waals surface area contributed by atoms with Gasteiger partial charge in [-0.3, -0.25) is 0 Å². The number of hydrogen-bond acceptors (Lipinski definition) is 4. The number of hydrogen-bond donors (Lipinski definition) is 1. The van der Waals surface area contributed by atoms with Crippen molar-refractivity contribution >= 4 is 11.7 Å². The van der Waals surface area contributed by atoms with Crippen molar-refractivity contribution in [2.45, 2.75) is 0 Å². The maximum Gasteiger partial charge on any atom is 0.362 e. The first-order valence-corrected chi connectivity index (χ1v) is 7.44. The molecule has 2 aromatic carbocycles. The SMILES string of the molecule is COc1ccc(/C=c2\nc(-c3ccccc3)n3[nH]c(=O)nc23)cc1. The molecule has 2 heterocycles. The third-order valence-electron chi connectivity index (χ3n) is 3.75. The van der Waals surface area contributed by atoms with Crippen LogP contribution in [-0.2, 0) is 0 Å². The van der Waals surface area contributed by atoms with Crippen LogP contribution in [0, 0.1) is 0 Å². The Morgan fingerprint density at radius 2 is 1.79 bits per heavy atom. The van der Waals surface area contributed by atoms with E-state index in [-0.39, 0.29) is 0 Å². The predicted octanol–water partition coefficient (Wildman–Crippen LogP) is 1.64. The lowest BCUT2D eigenvalue weighted by Gasteiger charge is -1.98. The molecule has 0 saturated carbocycles. The minimum atomic E-state index is -0.394. The lowest BCUT2D eigenvalue weighted by atomic mass is 10.2. The highest BCUT2D eigenvalue weighted by Gasteiger charge is 2.12. The highest BCUT2D eigenvalue weighted by Crippen LogP contribution is 2.16. The van der Waals surface area contributed by atoms with Crippen LogP contribution in [0.4, 0.5) is 0 Å². The maximum atomic E-state index is 11.7. The van der Waals surface area contributed by atoms with Gasteiger partial charge in [-0.2, -0.15) is 4.98 Å². The highest BCUT2D eigenvalue weighted by atomic mass is 16.5. The molecule has 0 saturated heterocycles. The standard InChI is InChI=1S/C18H14N4O2/c1-24-14-9-7-12(8-10-14)11-15-17-20-18(23)21-22(17)16(19-15)13-5-3-2-4-6-13/h2-11H,1H3,(H,21,23)/b15-11-. The molecular formula is C18H14N4O2. The molecule has 4 aromatic rings. The van der Waals surface area contributed by atoms with Gasteiger partial charge < -0.3 is 4.74 Å². The van der Waals surface area contributed by atoms with Crippen molar-refractivity contribution in [3.8, 4) is 17.1 Å². The van der Waals surface area contributed by atoms with Crippen molar-refractivity contribution in [1.82, 2.24) is 19.6 Å². The molecule has 2 aromatic heterocycles. The fraction of sp³-hybridized carbons (Fsp3) is 0.0556. The van der Waals surface area contributed by atoms with Crippen molar-refractivity contribution in [2.75, 3.05) is 7.11 Å². The molecular weight excluding hydrogens is 304 g/mol. The summed E-state index contributed by atoms with van der Waals surface area (Å²) < 4.78 is 6.78. The second-order valence-electron chi connectivity index (χ2n) is 5.29. The number of benzene rings is 2. The van der Waals surface area contributed by atoms with Crippen LogP contribution in [-0.4, -0.2) is 26.7 Å². The van der Waals surface area contributed by atoms with E-state index in [2.05, 4.69) is 15.1 Å². The van der Waals surface area contributed by atoms with E-state index < -0.39 is 5.69 Å². The van der Waals surface area contributed by atoms with Crippen molar-refractivity contribution in [3.63, 3.8) is 0 Å². The second-order valence-corrected chi connectivity index (χ2v) is 5.29. The fourth-order valence-electron chi connectivity index (χ4n) is 2.59. The molecule has 6 heteroatoms. The molecule has 4 rings (SSSR count). The first kappa shape index (κ1) is 14.2. The molecule has 0 aliphatic carbocycles. The molecule has 6 nitrogen and oxygen atoms in total. The van der Waals surface area contributed by atoms with E-state index in [1.165, 1.54) is 0 Å². The number of nitrogens with one attached hydrogen (secondary N) is 1. The van der Waals surface area contributed by atoms with Crippen molar-refractivity contribution < 1.29 is 4.74 Å². The van der Waals surface area contributed by atoms with E-state index in [9.17, 15) is 4.79 Å². The lowest BCUT2D eigenvalue weighted by molar-refractivity contribution is 0.415. The molecule has 0 spiro atoms. The van der Waals surface area contributed by atoms with Crippen LogP contribution in [0.5, 0.6) is 5.75 Å². The van der Waals surface area contributed by atoms with Crippen molar-refractivity contribution in [1.29, 1.82) is 0 Å². The van der Waals surface area contributed by atoms with E-state index >= 15 is 0 Å². The number of fused-ring (bicyclic) bond motifs is 1. The Morgan fingerprint density at radius 3 is 2.50 bits per heavy atom. The Morgan fingerprint density at radius 1 is 1.04 bits per heavy atom. The average molecular weight is 318 g/mol.